The van der Waals surface area contributed by atoms with Gasteiger partial charge < -0.3 is 4.90 Å². The number of nitrogens with zero attached hydrogens (tertiary/aromatic N) is 2. The third kappa shape index (κ3) is 4.99. The Balaban J connectivity index is 2.44. The molecule has 20 heavy (non-hydrogen) atoms. The fraction of sp³-hybridized carbons (Fsp3) is 0.750. The van der Waals surface area contributed by atoms with E-state index >= 15 is 0 Å². The molecule has 0 aromatic carbocycles. The molecule has 1 heterocycles. The third-order valence-corrected chi connectivity index (χ3v) is 3.62. The molecule has 1 rings (SSSR count). The number of unbranched alkanes of at least 4 members (excludes halogenated alkanes) is 6. The highest BCUT2D eigenvalue weighted by Crippen LogP contribution is 2.20. The van der Waals surface area contributed by atoms with E-state index in [-0.39, 0.29) is 11.8 Å². The lowest BCUT2D eigenvalue weighted by molar-refractivity contribution is -0.137. The lowest BCUT2D eigenvalue weighted by Crippen LogP contribution is -2.35. The standard InChI is InChI=1S/C16H28N2O2/c1-4-5-6-7-8-9-10-11-14(17(2)3)18-15(19)12-13-16(18)20/h11H,4-10,12-13H2,1-3H3/b14-11+. The summed E-state index contributed by atoms with van der Waals surface area (Å²) in [7, 11) is 3.76. The van der Waals surface area contributed by atoms with Crippen LogP contribution >= 0.6 is 0 Å². The Labute approximate surface area is 122 Å². The maximum Gasteiger partial charge on any atom is 0.235 e. The Kier molecular flexibility index (Phi) is 7.34. The number of amides is 2. The van der Waals surface area contributed by atoms with Crippen LogP contribution in [0.4, 0.5) is 0 Å². The molecule has 0 saturated carbocycles. The molecule has 0 N–H and O–H groups in total. The average molecular weight is 280 g/mol. The monoisotopic (exact) mass is 280 g/mol. The van der Waals surface area contributed by atoms with Gasteiger partial charge in [-0.05, 0) is 18.9 Å². The van der Waals surface area contributed by atoms with Gasteiger partial charge in [-0.25, -0.2) is 4.90 Å². The molecule has 1 aliphatic rings. The van der Waals surface area contributed by atoms with Crippen molar-refractivity contribution in [3.05, 3.63) is 11.9 Å². The van der Waals surface area contributed by atoms with Gasteiger partial charge in [0.25, 0.3) is 0 Å². The fourth-order valence-electron chi connectivity index (χ4n) is 2.46. The van der Waals surface area contributed by atoms with Crippen LogP contribution in [0.25, 0.3) is 0 Å². The van der Waals surface area contributed by atoms with Gasteiger partial charge in [-0.2, -0.15) is 0 Å². The normalized spacial score (nSPS) is 16.1. The zero-order valence-electron chi connectivity index (χ0n) is 13.2. The Morgan fingerprint density at radius 2 is 1.60 bits per heavy atom. The summed E-state index contributed by atoms with van der Waals surface area (Å²) in [5.41, 5.74) is 0. The molecule has 0 spiro atoms. The largest absolute Gasteiger partial charge is 0.364 e. The van der Waals surface area contributed by atoms with E-state index in [1.165, 1.54) is 37.0 Å². The van der Waals surface area contributed by atoms with Gasteiger partial charge in [0.15, 0.2) is 0 Å². The highest BCUT2D eigenvalue weighted by molar-refractivity contribution is 6.03. The maximum atomic E-state index is 11.8. The van der Waals surface area contributed by atoms with Crippen LogP contribution in [0.15, 0.2) is 11.9 Å². The van der Waals surface area contributed by atoms with Crippen LogP contribution in [-0.2, 0) is 9.59 Å². The molecule has 114 valence electrons. The van der Waals surface area contributed by atoms with Crippen LogP contribution in [0.5, 0.6) is 0 Å². The average Bonchev–Trinajstić information content (AvgIpc) is 2.73. The van der Waals surface area contributed by atoms with Gasteiger partial charge in [0.05, 0.1) is 0 Å². The van der Waals surface area contributed by atoms with Crippen molar-refractivity contribution in [1.82, 2.24) is 9.80 Å². The van der Waals surface area contributed by atoms with E-state index in [0.29, 0.717) is 12.8 Å². The van der Waals surface area contributed by atoms with Crippen molar-refractivity contribution in [2.24, 2.45) is 0 Å². The second-order valence-corrected chi connectivity index (χ2v) is 5.64. The van der Waals surface area contributed by atoms with Crippen LogP contribution in [0.1, 0.15) is 64.7 Å². The van der Waals surface area contributed by atoms with Gasteiger partial charge in [0.2, 0.25) is 11.8 Å². The summed E-state index contributed by atoms with van der Waals surface area (Å²) < 4.78 is 0. The molecule has 4 nitrogen and oxygen atoms in total. The Morgan fingerprint density at radius 3 is 2.15 bits per heavy atom. The van der Waals surface area contributed by atoms with Gasteiger partial charge in [-0.1, -0.05) is 39.0 Å². The van der Waals surface area contributed by atoms with Crippen molar-refractivity contribution in [2.45, 2.75) is 64.7 Å². The first-order valence-electron chi connectivity index (χ1n) is 7.81. The first-order valence-corrected chi connectivity index (χ1v) is 7.81. The lowest BCUT2D eigenvalue weighted by Gasteiger charge is -2.24. The minimum atomic E-state index is -0.0714. The molecule has 0 radical (unpaired) electrons. The SMILES string of the molecule is CCCCCCCC/C=C(\N(C)C)N1C(=O)CCC1=O. The number of imide groups is 1. The molecule has 0 aliphatic carbocycles. The van der Waals surface area contributed by atoms with E-state index in [1.54, 1.807) is 0 Å². The quantitative estimate of drug-likeness (QED) is 0.480. The van der Waals surface area contributed by atoms with Crippen LogP contribution in [-0.4, -0.2) is 35.7 Å². The Hall–Kier alpha value is -1.32. The highest BCUT2D eigenvalue weighted by Gasteiger charge is 2.32. The van der Waals surface area contributed by atoms with Gasteiger partial charge in [-0.3, -0.25) is 9.59 Å². The van der Waals surface area contributed by atoms with E-state index < -0.39 is 0 Å². The second-order valence-electron chi connectivity index (χ2n) is 5.64. The highest BCUT2D eigenvalue weighted by atomic mass is 16.2. The molecule has 0 aromatic heterocycles. The summed E-state index contributed by atoms with van der Waals surface area (Å²) in [6, 6.07) is 0. The van der Waals surface area contributed by atoms with Crippen molar-refractivity contribution in [3.63, 3.8) is 0 Å². The van der Waals surface area contributed by atoms with E-state index in [4.69, 9.17) is 0 Å². The van der Waals surface area contributed by atoms with Gasteiger partial charge in [0.1, 0.15) is 5.82 Å². The molecule has 1 fully saturated rings. The molecular weight excluding hydrogens is 252 g/mol. The molecule has 2 amide bonds. The molecule has 0 unspecified atom stereocenters. The second kappa shape index (κ2) is 8.77. The molecule has 1 aliphatic heterocycles. The van der Waals surface area contributed by atoms with Gasteiger partial charge >= 0.3 is 0 Å². The number of carbonyl (C=O) groups excluding carboxylic acids is 2. The number of hydrogen-bond acceptors (Lipinski definition) is 3. The van der Waals surface area contributed by atoms with Crippen LogP contribution in [0.3, 0.4) is 0 Å². The summed E-state index contributed by atoms with van der Waals surface area (Å²) in [6.07, 6.45) is 11.2. The topological polar surface area (TPSA) is 40.6 Å². The fourth-order valence-corrected chi connectivity index (χ4v) is 2.46. The third-order valence-electron chi connectivity index (χ3n) is 3.62. The van der Waals surface area contributed by atoms with Crippen molar-refractivity contribution in [2.75, 3.05) is 14.1 Å². The molecular formula is C16H28N2O2. The first kappa shape index (κ1) is 16.7. The summed E-state index contributed by atoms with van der Waals surface area (Å²) in [5.74, 6) is 0.599. The minimum Gasteiger partial charge on any atom is -0.364 e. The summed E-state index contributed by atoms with van der Waals surface area (Å²) in [5, 5.41) is 0. The number of rotatable bonds is 9. The van der Waals surface area contributed by atoms with Crippen molar-refractivity contribution >= 4 is 11.8 Å². The number of hydrogen-bond donors (Lipinski definition) is 0. The number of carbonyl (C=O) groups is 2. The predicted octanol–water partition coefficient (Wildman–Crippen LogP) is 3.29. The number of likely N-dealkylation sites (tertiary alicyclic amines) is 1. The smallest absolute Gasteiger partial charge is 0.235 e. The summed E-state index contributed by atoms with van der Waals surface area (Å²) >= 11 is 0. The molecule has 1 saturated heterocycles. The van der Waals surface area contributed by atoms with Crippen LogP contribution < -0.4 is 0 Å². The Bertz CT molecular complexity index is 345. The number of allylic oxidation sites excluding steroid dienone is 1. The maximum absolute atomic E-state index is 11.8. The predicted molar refractivity (Wildman–Crippen MR) is 80.9 cm³/mol. The van der Waals surface area contributed by atoms with E-state index in [0.717, 1.165) is 18.7 Å². The molecule has 0 bridgehead atoms. The molecule has 0 aromatic rings. The Morgan fingerprint density at radius 1 is 1.05 bits per heavy atom. The van der Waals surface area contributed by atoms with Crippen molar-refractivity contribution in [3.8, 4) is 0 Å². The van der Waals surface area contributed by atoms with Crippen LogP contribution in [0.2, 0.25) is 0 Å². The van der Waals surface area contributed by atoms with Crippen molar-refractivity contribution in [1.29, 1.82) is 0 Å². The van der Waals surface area contributed by atoms with Gasteiger partial charge in [-0.15, -0.1) is 0 Å². The van der Waals surface area contributed by atoms with Crippen LogP contribution in [0, 0.1) is 0 Å². The molecule has 4 heteroatoms. The van der Waals surface area contributed by atoms with E-state index in [1.807, 2.05) is 25.1 Å². The minimum absolute atomic E-state index is 0.0714. The van der Waals surface area contributed by atoms with E-state index in [2.05, 4.69) is 6.92 Å². The van der Waals surface area contributed by atoms with Gasteiger partial charge in [0, 0.05) is 26.9 Å². The summed E-state index contributed by atoms with van der Waals surface area (Å²) in [4.78, 5) is 26.8. The van der Waals surface area contributed by atoms with Crippen molar-refractivity contribution < 1.29 is 9.59 Å². The zero-order valence-corrected chi connectivity index (χ0v) is 13.2. The molecule has 0 atom stereocenters. The first-order chi connectivity index (χ1) is 9.57. The lowest BCUT2D eigenvalue weighted by atomic mass is 10.1. The zero-order chi connectivity index (χ0) is 15.0. The van der Waals surface area contributed by atoms with E-state index in [9.17, 15) is 9.59 Å². The summed E-state index contributed by atoms with van der Waals surface area (Å²) in [6.45, 7) is 2.22.